The SMILES string of the molecule is CC/C=C\C/C=C\C/C=C\C/C=C\C/C=C\CCCCCCCCCCCCCC(=O)OCC(COC(=O)CCCCCCC/C=C\CCCCCCC)OC(=O)CCCCCCCCC/C=C\CCCCCCCC. The molecule has 0 heterocycles. The van der Waals surface area contributed by atoms with Gasteiger partial charge in [-0.1, -0.05) is 273 Å². The van der Waals surface area contributed by atoms with Crippen molar-refractivity contribution in [3.8, 4) is 0 Å². The number of esters is 3. The molecule has 0 saturated carbocycles. The van der Waals surface area contributed by atoms with Crippen molar-refractivity contribution in [1.82, 2.24) is 0 Å². The monoisotopic (exact) mass is 1060 g/mol. The van der Waals surface area contributed by atoms with Crippen molar-refractivity contribution in [2.75, 3.05) is 13.2 Å². The van der Waals surface area contributed by atoms with Gasteiger partial charge in [0.25, 0.3) is 0 Å². The Balaban J connectivity index is 4.30. The minimum Gasteiger partial charge on any atom is -0.462 e. The second-order valence-electron chi connectivity index (χ2n) is 21.6. The zero-order chi connectivity index (χ0) is 55.0. The molecular formula is C70H122O6. The lowest BCUT2D eigenvalue weighted by Crippen LogP contribution is -2.30. The van der Waals surface area contributed by atoms with Crippen molar-refractivity contribution >= 4 is 17.9 Å². The molecule has 0 aliphatic rings. The Bertz CT molecular complexity index is 1450. The van der Waals surface area contributed by atoms with E-state index < -0.39 is 6.10 Å². The molecule has 1 unspecified atom stereocenters. The summed E-state index contributed by atoms with van der Waals surface area (Å²) in [5.74, 6) is -0.883. The van der Waals surface area contributed by atoms with Crippen LogP contribution in [0.4, 0.5) is 0 Å². The average Bonchev–Trinajstić information content (AvgIpc) is 3.42. The van der Waals surface area contributed by atoms with E-state index >= 15 is 0 Å². The molecule has 0 N–H and O–H groups in total. The van der Waals surface area contributed by atoms with Crippen LogP contribution in [0.3, 0.4) is 0 Å². The molecule has 0 aromatic rings. The van der Waals surface area contributed by atoms with Crippen LogP contribution in [0.2, 0.25) is 0 Å². The van der Waals surface area contributed by atoms with Gasteiger partial charge in [-0.2, -0.15) is 0 Å². The number of unbranched alkanes of at least 4 members (excludes halogenated alkanes) is 34. The van der Waals surface area contributed by atoms with Gasteiger partial charge in [0.05, 0.1) is 0 Å². The minimum atomic E-state index is -0.784. The highest BCUT2D eigenvalue weighted by molar-refractivity contribution is 5.71. The Hall–Kier alpha value is -3.41. The molecule has 6 nitrogen and oxygen atoms in total. The summed E-state index contributed by atoms with van der Waals surface area (Å²) in [5.41, 5.74) is 0. The van der Waals surface area contributed by atoms with Crippen LogP contribution in [0.15, 0.2) is 85.1 Å². The van der Waals surface area contributed by atoms with Gasteiger partial charge in [-0.25, -0.2) is 0 Å². The number of rotatable bonds is 59. The van der Waals surface area contributed by atoms with E-state index in [9.17, 15) is 14.4 Å². The van der Waals surface area contributed by atoms with Gasteiger partial charge in [-0.3, -0.25) is 14.4 Å². The molecule has 0 bridgehead atoms. The summed E-state index contributed by atoms with van der Waals surface area (Å²) in [7, 11) is 0. The first-order chi connectivity index (χ1) is 37.5. The van der Waals surface area contributed by atoms with Gasteiger partial charge in [0, 0.05) is 19.3 Å². The highest BCUT2D eigenvalue weighted by atomic mass is 16.6. The summed E-state index contributed by atoms with van der Waals surface area (Å²) in [6.45, 7) is 6.53. The third-order valence-electron chi connectivity index (χ3n) is 14.1. The molecule has 0 fully saturated rings. The lowest BCUT2D eigenvalue weighted by Gasteiger charge is -2.18. The Morgan fingerprint density at radius 2 is 0.513 bits per heavy atom. The van der Waals surface area contributed by atoms with E-state index in [-0.39, 0.29) is 31.1 Å². The molecule has 0 amide bonds. The standard InChI is InChI=1S/C70H122O6/c1-4-7-10-13-16-19-22-25-28-30-31-32-33-34-35-36-37-38-39-41-42-45-48-51-54-57-60-63-69(72)75-66-67(65-74-68(71)62-59-56-53-50-47-44-27-24-21-18-15-12-9-6-3)76-70(73)64-61-58-55-52-49-46-43-40-29-26-23-20-17-14-11-8-5-2/h7,10,16,19,24-29,31-32,34-35,67H,4-6,8-9,11-15,17-18,20-23,30,33,36-66H2,1-3H3/b10-7-,19-16-,27-24-,28-25-,29-26-,32-31-,35-34-. The number of carbonyl (C=O) groups excluding carboxylic acids is 3. The largest absolute Gasteiger partial charge is 0.462 e. The molecule has 0 aliphatic carbocycles. The second kappa shape index (κ2) is 64.1. The predicted octanol–water partition coefficient (Wildman–Crippen LogP) is 22.3. The molecule has 0 aliphatic heterocycles. The third-order valence-corrected chi connectivity index (χ3v) is 14.1. The summed E-state index contributed by atoms with van der Waals surface area (Å²) < 4.78 is 16.9. The highest BCUT2D eigenvalue weighted by Gasteiger charge is 2.19. The topological polar surface area (TPSA) is 78.9 Å². The first-order valence-electron chi connectivity index (χ1n) is 32.6. The van der Waals surface area contributed by atoms with Crippen LogP contribution in [0.25, 0.3) is 0 Å². The van der Waals surface area contributed by atoms with E-state index in [0.29, 0.717) is 19.3 Å². The molecule has 1 atom stereocenters. The lowest BCUT2D eigenvalue weighted by molar-refractivity contribution is -0.167. The molecule has 0 aromatic heterocycles. The Labute approximate surface area is 471 Å². The second-order valence-corrected chi connectivity index (χ2v) is 21.6. The first-order valence-corrected chi connectivity index (χ1v) is 32.6. The normalized spacial score (nSPS) is 12.6. The van der Waals surface area contributed by atoms with Gasteiger partial charge in [-0.15, -0.1) is 0 Å². The van der Waals surface area contributed by atoms with Crippen LogP contribution >= 0.6 is 0 Å². The van der Waals surface area contributed by atoms with Gasteiger partial charge in [0.15, 0.2) is 6.10 Å². The highest BCUT2D eigenvalue weighted by Crippen LogP contribution is 2.16. The fraction of sp³-hybridized carbons (Fsp3) is 0.757. The van der Waals surface area contributed by atoms with E-state index in [1.165, 1.54) is 186 Å². The minimum absolute atomic E-state index is 0.0806. The lowest BCUT2D eigenvalue weighted by atomic mass is 10.0. The van der Waals surface area contributed by atoms with E-state index in [0.717, 1.165) is 96.3 Å². The maximum atomic E-state index is 12.9. The fourth-order valence-corrected chi connectivity index (χ4v) is 9.23. The summed E-state index contributed by atoms with van der Waals surface area (Å²) >= 11 is 0. The average molecular weight is 1060 g/mol. The molecule has 0 aromatic carbocycles. The summed E-state index contributed by atoms with van der Waals surface area (Å²) in [4.78, 5) is 38.3. The van der Waals surface area contributed by atoms with Crippen molar-refractivity contribution in [3.63, 3.8) is 0 Å². The molecule has 6 heteroatoms. The Kier molecular flexibility index (Phi) is 61.2. The number of allylic oxidation sites excluding steroid dienone is 14. The van der Waals surface area contributed by atoms with Crippen LogP contribution in [0.5, 0.6) is 0 Å². The summed E-state index contributed by atoms with van der Waals surface area (Å²) in [6, 6.07) is 0. The van der Waals surface area contributed by atoms with Gasteiger partial charge in [0.2, 0.25) is 0 Å². The molecule has 438 valence electrons. The van der Waals surface area contributed by atoms with Crippen LogP contribution in [-0.2, 0) is 28.6 Å². The molecule has 0 spiro atoms. The molecular weight excluding hydrogens is 937 g/mol. The van der Waals surface area contributed by atoms with Crippen molar-refractivity contribution in [1.29, 1.82) is 0 Å². The quantitative estimate of drug-likeness (QED) is 0.0261. The van der Waals surface area contributed by atoms with Crippen molar-refractivity contribution < 1.29 is 28.6 Å². The van der Waals surface area contributed by atoms with Crippen molar-refractivity contribution in [2.24, 2.45) is 0 Å². The van der Waals surface area contributed by atoms with Crippen LogP contribution in [0, 0.1) is 0 Å². The van der Waals surface area contributed by atoms with Crippen molar-refractivity contribution in [3.05, 3.63) is 85.1 Å². The summed E-state index contributed by atoms with van der Waals surface area (Å²) in [6.07, 6.45) is 84.4. The number of hydrogen-bond donors (Lipinski definition) is 0. The van der Waals surface area contributed by atoms with E-state index in [2.05, 4.69) is 106 Å². The number of hydrogen-bond acceptors (Lipinski definition) is 6. The Morgan fingerprint density at radius 1 is 0.276 bits per heavy atom. The van der Waals surface area contributed by atoms with Gasteiger partial charge >= 0.3 is 17.9 Å². The molecule has 0 radical (unpaired) electrons. The number of ether oxygens (including phenoxy) is 3. The first kappa shape index (κ1) is 72.6. The predicted molar refractivity (Wildman–Crippen MR) is 330 cm³/mol. The van der Waals surface area contributed by atoms with Crippen LogP contribution in [0.1, 0.15) is 323 Å². The maximum absolute atomic E-state index is 12.9. The maximum Gasteiger partial charge on any atom is 0.306 e. The molecule has 0 saturated heterocycles. The summed E-state index contributed by atoms with van der Waals surface area (Å²) in [5, 5.41) is 0. The van der Waals surface area contributed by atoms with Gasteiger partial charge < -0.3 is 14.2 Å². The zero-order valence-electron chi connectivity index (χ0n) is 50.3. The van der Waals surface area contributed by atoms with E-state index in [1.54, 1.807) is 0 Å². The van der Waals surface area contributed by atoms with E-state index in [4.69, 9.17) is 14.2 Å². The smallest absolute Gasteiger partial charge is 0.306 e. The van der Waals surface area contributed by atoms with Crippen molar-refractivity contribution in [2.45, 2.75) is 329 Å². The van der Waals surface area contributed by atoms with E-state index in [1.807, 2.05) is 0 Å². The van der Waals surface area contributed by atoms with Gasteiger partial charge in [-0.05, 0) is 116 Å². The number of carbonyl (C=O) groups is 3. The molecule has 0 rings (SSSR count). The fourth-order valence-electron chi connectivity index (χ4n) is 9.23. The Morgan fingerprint density at radius 3 is 0.816 bits per heavy atom. The van der Waals surface area contributed by atoms with Gasteiger partial charge in [0.1, 0.15) is 13.2 Å². The zero-order valence-corrected chi connectivity index (χ0v) is 50.3. The molecule has 76 heavy (non-hydrogen) atoms. The third kappa shape index (κ3) is 61.4. The van der Waals surface area contributed by atoms with Crippen LogP contribution < -0.4 is 0 Å². The van der Waals surface area contributed by atoms with Crippen LogP contribution in [-0.4, -0.2) is 37.2 Å².